The van der Waals surface area contributed by atoms with Gasteiger partial charge in [-0.3, -0.25) is 14.6 Å². The molecule has 5 aromatic heterocycles. The Labute approximate surface area is 615 Å². The van der Waals surface area contributed by atoms with Crippen LogP contribution >= 0.6 is 186 Å². The molecule has 10 rings (SSSR count). The minimum Gasteiger partial charge on any atom is -0.461 e. The Morgan fingerprint density at radius 2 is 0.747 bits per heavy atom. The summed E-state index contributed by atoms with van der Waals surface area (Å²) in [5.41, 5.74) is 7.87. The van der Waals surface area contributed by atoms with Crippen LogP contribution in [0.4, 0.5) is 0 Å². The zero-order chi connectivity index (χ0) is 61.6. The smallest absolute Gasteiger partial charge is 0.356 e. The monoisotopic (exact) mass is 1960 g/mol. The Hall–Kier alpha value is -2.85. The van der Waals surface area contributed by atoms with Crippen molar-refractivity contribution >= 4 is 258 Å². The van der Waals surface area contributed by atoms with Crippen molar-refractivity contribution in [3.05, 3.63) is 198 Å². The van der Waals surface area contributed by atoms with Crippen LogP contribution in [0.25, 0.3) is 54.5 Å². The number of pyridine rings is 5. The summed E-state index contributed by atoms with van der Waals surface area (Å²) in [5.74, 6) is -0.590. The highest BCUT2D eigenvalue weighted by Gasteiger charge is 2.22. The minimum absolute atomic E-state index is 0. The third-order valence-electron chi connectivity index (χ3n) is 12.9. The fourth-order valence-electron chi connectivity index (χ4n) is 8.23. The molecule has 2 N–H and O–H groups in total. The number of alkyl halides is 3. The largest absolute Gasteiger partial charge is 0.461 e. The fourth-order valence-corrected chi connectivity index (χ4v) is 11.5. The molecule has 23 heteroatoms. The van der Waals surface area contributed by atoms with E-state index in [1.807, 2.05) is 85.8 Å². The van der Waals surface area contributed by atoms with E-state index in [1.165, 1.54) is 19.7 Å². The molecule has 0 saturated heterocycles. The van der Waals surface area contributed by atoms with Gasteiger partial charge in [-0.25, -0.2) is 24.7 Å². The van der Waals surface area contributed by atoms with E-state index >= 15 is 0 Å². The number of carbonyl (C=O) groups is 3. The number of esters is 1. The molecule has 460 valence electrons. The number of amides is 2. The summed E-state index contributed by atoms with van der Waals surface area (Å²) in [6, 6.07) is 49.6. The van der Waals surface area contributed by atoms with E-state index in [0.717, 1.165) is 103 Å². The number of rotatable bonds is 14. The first-order valence-electron chi connectivity index (χ1n) is 27.2. The topological polar surface area (TPSA) is 155 Å². The number of benzene rings is 5. The summed E-state index contributed by atoms with van der Waals surface area (Å²) < 4.78 is 10.4. The Morgan fingerprint density at radius 3 is 1.09 bits per heavy atom. The van der Waals surface area contributed by atoms with Crippen LogP contribution in [0.3, 0.4) is 0 Å². The van der Waals surface area contributed by atoms with Crippen LogP contribution in [0.15, 0.2) is 152 Å². The third kappa shape index (κ3) is 24.9. The lowest BCUT2D eigenvalue weighted by Crippen LogP contribution is -2.35. The van der Waals surface area contributed by atoms with Gasteiger partial charge in [-0.15, -0.1) is 24.8 Å². The predicted octanol–water partition coefficient (Wildman–Crippen LogP) is 18.0. The van der Waals surface area contributed by atoms with Crippen molar-refractivity contribution in [1.82, 2.24) is 45.4 Å². The second-order valence-corrected chi connectivity index (χ2v) is 31.7. The first kappa shape index (κ1) is 76.6. The fraction of sp³-hybridized carbons (Fsp3) is 0.250. The Morgan fingerprint density at radius 1 is 0.437 bits per heavy atom. The van der Waals surface area contributed by atoms with Gasteiger partial charge in [0.2, 0.25) is 0 Å². The molecule has 10 aromatic rings. The number of hydrogen-bond acceptors (Lipinski definition) is 11. The summed E-state index contributed by atoms with van der Waals surface area (Å²) in [6.45, 7) is 19.7. The average molecular weight is 1970 g/mol. The molecule has 0 fully saturated rings. The van der Waals surface area contributed by atoms with Gasteiger partial charge in [-0.2, -0.15) is 0 Å². The number of hydrogen-bond donors (Lipinski definition) is 2. The quantitative estimate of drug-likeness (QED) is 0.0607. The second kappa shape index (κ2) is 38.9. The predicted molar refractivity (Wildman–Crippen MR) is 416 cm³/mol. The molecule has 5 aromatic carbocycles. The van der Waals surface area contributed by atoms with E-state index in [0.29, 0.717) is 36.8 Å². The average Bonchev–Trinajstić information content (AvgIpc) is 3.16. The molecule has 0 aliphatic heterocycles. The molecular formula is C64H65Br3Cl2I5N9O4. The summed E-state index contributed by atoms with van der Waals surface area (Å²) in [5, 5.41) is 11.4. The molecule has 0 spiro atoms. The molecule has 0 atom stereocenters. The summed E-state index contributed by atoms with van der Waals surface area (Å²) >= 11 is 21.8. The maximum absolute atomic E-state index is 12.1. The number of aromatic nitrogens is 5. The molecule has 0 aliphatic carbocycles. The lowest BCUT2D eigenvalue weighted by molar-refractivity contribution is 0.0519. The van der Waals surface area contributed by atoms with Crippen LogP contribution in [0.5, 0.6) is 0 Å². The minimum atomic E-state index is -0.440. The highest BCUT2D eigenvalue weighted by Crippen LogP contribution is 2.43. The molecule has 0 bridgehead atoms. The zero-order valence-electron chi connectivity index (χ0n) is 48.4. The summed E-state index contributed by atoms with van der Waals surface area (Å²) in [6.07, 6.45) is 0. The van der Waals surface area contributed by atoms with Crippen molar-refractivity contribution < 1.29 is 19.1 Å². The number of halogens is 10. The maximum Gasteiger partial charge on any atom is 0.356 e. The Bertz CT molecular complexity index is 3750. The zero-order valence-corrected chi connectivity index (χ0v) is 65.6. The SMILES string of the molecule is BrC(Br)(Br)c1ccc2cc(I)ccc2n1.CCN(CC)CCNC(=O)c1ccc2cc(I)ccc2n1.CCN(CC)CCNC(=O)c1ccc2cc(I)ccc2n1.CCOC(=O)c1ccc2cc(I)ccc2n1.Cc1ccc2cc(I)ccc2n1.Cl.Cl. The molecule has 13 nitrogen and oxygen atoms in total. The first-order valence-corrected chi connectivity index (χ1v) is 35.0. The van der Waals surface area contributed by atoms with Crippen molar-refractivity contribution in [1.29, 1.82) is 0 Å². The number of fused-ring (bicyclic) bond motifs is 5. The van der Waals surface area contributed by atoms with Crippen LogP contribution in [-0.2, 0) is 6.88 Å². The number of carbonyl (C=O) groups excluding carboxylic acids is 3. The van der Waals surface area contributed by atoms with E-state index in [9.17, 15) is 14.4 Å². The number of ether oxygens (including phenoxy) is 1. The van der Waals surface area contributed by atoms with Gasteiger partial charge >= 0.3 is 5.97 Å². The van der Waals surface area contributed by atoms with Crippen molar-refractivity contribution in [2.75, 3.05) is 59.0 Å². The number of aryl methyl sites for hydroxylation is 1. The highest BCUT2D eigenvalue weighted by atomic mass is 127. The molecule has 0 unspecified atom stereocenters. The number of nitrogens with zero attached hydrogens (tertiary/aromatic N) is 7. The van der Waals surface area contributed by atoms with Gasteiger partial charge in [-0.05, 0) is 274 Å². The van der Waals surface area contributed by atoms with E-state index in [1.54, 1.807) is 25.1 Å². The van der Waals surface area contributed by atoms with Gasteiger partial charge in [0.1, 0.15) is 17.1 Å². The van der Waals surface area contributed by atoms with Crippen molar-refractivity contribution in [3.8, 4) is 0 Å². The van der Waals surface area contributed by atoms with E-state index in [2.05, 4.69) is 288 Å². The Balaban J connectivity index is 0.000000234. The van der Waals surface area contributed by atoms with Crippen molar-refractivity contribution in [2.24, 2.45) is 0 Å². The van der Waals surface area contributed by atoms with Crippen LogP contribution in [0, 0.1) is 24.8 Å². The number of likely N-dealkylation sites (N-methyl/N-ethyl adjacent to an activating group) is 2. The van der Waals surface area contributed by atoms with Crippen LogP contribution in [0.1, 0.15) is 77.5 Å². The second-order valence-electron chi connectivity index (χ2n) is 18.7. The van der Waals surface area contributed by atoms with Crippen LogP contribution in [-0.4, -0.2) is 111 Å². The lowest BCUT2D eigenvalue weighted by atomic mass is 10.2. The number of nitrogens with one attached hydrogen (secondary N) is 2. The molecule has 0 aliphatic rings. The maximum atomic E-state index is 12.1. The summed E-state index contributed by atoms with van der Waals surface area (Å²) in [7, 11) is 0. The standard InChI is InChI=1S/2C16H20IN3O.C12H10INO2.C10H5Br3IN.C10H8IN.2ClH/c2*1-3-20(4-2)10-9-18-16(21)15-7-5-12-11-13(17)6-8-14(12)19-15;1-2-16-12(15)11-5-3-8-7-9(13)4-6-10(8)14-11;11-10(12,13)9-4-1-6-5-7(14)2-3-8(6)15-9;1-7-2-3-8-6-9(11)4-5-10(8)12-7;;/h2*5-8,11H,3-4,9-10H2,1-2H3,(H,18,21);3-7H,2H2,1H3;1-5H;2-6H,1H3;2*1H. The molecule has 0 saturated carbocycles. The van der Waals surface area contributed by atoms with Crippen molar-refractivity contribution in [2.45, 2.75) is 43.7 Å². The van der Waals surface area contributed by atoms with Gasteiger partial charge < -0.3 is 25.2 Å². The third-order valence-corrected chi connectivity index (χ3v) is 17.4. The van der Waals surface area contributed by atoms with E-state index in [4.69, 9.17) is 4.74 Å². The summed E-state index contributed by atoms with van der Waals surface area (Å²) in [4.78, 5) is 62.3. The lowest BCUT2D eigenvalue weighted by Gasteiger charge is -2.17. The van der Waals surface area contributed by atoms with Gasteiger partial charge in [0.05, 0.1) is 39.9 Å². The highest BCUT2D eigenvalue weighted by molar-refractivity contribution is 14.1. The first-order chi connectivity index (χ1) is 40.7. The van der Waals surface area contributed by atoms with Crippen LogP contribution < -0.4 is 10.6 Å². The van der Waals surface area contributed by atoms with Crippen LogP contribution in [0.2, 0.25) is 0 Å². The molecule has 2 amide bonds. The van der Waals surface area contributed by atoms with Crippen molar-refractivity contribution in [3.63, 3.8) is 0 Å². The van der Waals surface area contributed by atoms with Gasteiger partial charge in [0.25, 0.3) is 11.8 Å². The molecular weight excluding hydrogens is 1900 g/mol. The van der Waals surface area contributed by atoms with E-state index < -0.39 is 2.14 Å². The Kier molecular flexibility index (Phi) is 34.2. The van der Waals surface area contributed by atoms with Gasteiger partial charge in [-0.1, -0.05) is 106 Å². The molecule has 87 heavy (non-hydrogen) atoms. The molecule has 5 heterocycles. The van der Waals surface area contributed by atoms with E-state index in [-0.39, 0.29) is 42.6 Å². The molecule has 0 radical (unpaired) electrons. The normalized spacial score (nSPS) is 10.8. The van der Waals surface area contributed by atoms with Gasteiger partial charge in [0.15, 0.2) is 2.14 Å². The van der Waals surface area contributed by atoms with Gasteiger partial charge in [0, 0.05) is 76.7 Å².